The summed E-state index contributed by atoms with van der Waals surface area (Å²) in [7, 11) is 0. The number of carbonyl (C=O) groups is 3. The molecule has 1 aliphatic carbocycles. The van der Waals surface area contributed by atoms with E-state index in [1.807, 2.05) is 6.92 Å². The first kappa shape index (κ1) is 13.6. The first-order chi connectivity index (χ1) is 9.47. The quantitative estimate of drug-likeness (QED) is 0.625. The van der Waals surface area contributed by atoms with Crippen LogP contribution in [-0.2, 0) is 19.1 Å². The van der Waals surface area contributed by atoms with E-state index in [0.29, 0.717) is 6.42 Å². The summed E-state index contributed by atoms with van der Waals surface area (Å²) in [5.41, 5.74) is -2.41. The van der Waals surface area contributed by atoms with Gasteiger partial charge in [0.05, 0.1) is 5.92 Å². The van der Waals surface area contributed by atoms with Gasteiger partial charge in [-0.3, -0.25) is 9.59 Å². The standard InChI is InChI=1S/C15H21NO4/c1-3-10-12(18)16-15(13(19)20-14(10,15)2)11(17)9-7-5-4-6-8-9/h9-10H,3-8H2,1-2H3,(H,16,18)/t10-,14-,15-/m0/s1. The van der Waals surface area contributed by atoms with Gasteiger partial charge in [-0.05, 0) is 26.2 Å². The van der Waals surface area contributed by atoms with Crippen molar-refractivity contribution in [3.05, 3.63) is 0 Å². The van der Waals surface area contributed by atoms with Crippen molar-refractivity contribution in [3.8, 4) is 0 Å². The Bertz CT molecular complexity index is 482. The van der Waals surface area contributed by atoms with Crippen LogP contribution in [-0.4, -0.2) is 28.8 Å². The maximum absolute atomic E-state index is 12.9. The van der Waals surface area contributed by atoms with E-state index in [-0.39, 0.29) is 17.6 Å². The van der Waals surface area contributed by atoms with Crippen molar-refractivity contribution in [2.24, 2.45) is 11.8 Å². The Kier molecular flexibility index (Phi) is 2.92. The number of rotatable bonds is 3. The molecule has 0 radical (unpaired) electrons. The summed E-state index contributed by atoms with van der Waals surface area (Å²) >= 11 is 0. The Labute approximate surface area is 118 Å². The summed E-state index contributed by atoms with van der Waals surface area (Å²) in [6.45, 7) is 3.60. The van der Waals surface area contributed by atoms with Gasteiger partial charge in [0.25, 0.3) is 0 Å². The molecule has 5 nitrogen and oxygen atoms in total. The van der Waals surface area contributed by atoms with Crippen molar-refractivity contribution in [2.45, 2.75) is 63.5 Å². The van der Waals surface area contributed by atoms with Crippen LogP contribution >= 0.6 is 0 Å². The third-order valence-corrected chi connectivity index (χ3v) is 5.40. The number of fused-ring (bicyclic) bond motifs is 1. The molecular formula is C15H21NO4. The van der Waals surface area contributed by atoms with Crippen molar-refractivity contribution in [3.63, 3.8) is 0 Å². The molecule has 3 aliphatic rings. The largest absolute Gasteiger partial charge is 0.453 e. The molecule has 3 fully saturated rings. The van der Waals surface area contributed by atoms with Crippen molar-refractivity contribution >= 4 is 17.7 Å². The highest BCUT2D eigenvalue weighted by molar-refractivity contribution is 6.20. The number of ketones is 1. The highest BCUT2D eigenvalue weighted by Crippen LogP contribution is 2.52. The first-order valence-corrected chi connectivity index (χ1v) is 7.57. The first-order valence-electron chi connectivity index (χ1n) is 7.57. The second kappa shape index (κ2) is 4.30. The van der Waals surface area contributed by atoms with Crippen molar-refractivity contribution in [2.75, 3.05) is 0 Å². The Balaban J connectivity index is 1.95. The van der Waals surface area contributed by atoms with Gasteiger partial charge in [-0.25, -0.2) is 4.79 Å². The van der Waals surface area contributed by atoms with Gasteiger partial charge < -0.3 is 10.1 Å². The molecule has 0 bridgehead atoms. The Morgan fingerprint density at radius 2 is 1.95 bits per heavy atom. The predicted molar refractivity (Wildman–Crippen MR) is 70.7 cm³/mol. The summed E-state index contributed by atoms with van der Waals surface area (Å²) in [6.07, 6.45) is 5.37. The molecule has 0 aromatic carbocycles. The summed E-state index contributed by atoms with van der Waals surface area (Å²) < 4.78 is 5.30. The van der Waals surface area contributed by atoms with E-state index in [1.165, 1.54) is 0 Å². The Morgan fingerprint density at radius 3 is 2.50 bits per heavy atom. The highest BCUT2D eigenvalue weighted by atomic mass is 16.6. The molecule has 3 rings (SSSR count). The predicted octanol–water partition coefficient (Wildman–Crippen LogP) is 1.35. The zero-order valence-corrected chi connectivity index (χ0v) is 12.0. The van der Waals surface area contributed by atoms with Crippen LogP contribution in [0.3, 0.4) is 0 Å². The molecule has 20 heavy (non-hydrogen) atoms. The van der Waals surface area contributed by atoms with Crippen LogP contribution in [0, 0.1) is 11.8 Å². The molecule has 1 N–H and O–H groups in total. The van der Waals surface area contributed by atoms with Gasteiger partial charge in [0.2, 0.25) is 11.4 Å². The fourth-order valence-electron chi connectivity index (χ4n) is 4.18. The lowest BCUT2D eigenvalue weighted by molar-refractivity contribution is -0.219. The Morgan fingerprint density at radius 1 is 1.30 bits per heavy atom. The fraction of sp³-hybridized carbons (Fsp3) is 0.800. The summed E-state index contributed by atoms with van der Waals surface area (Å²) in [5.74, 6) is -1.47. The molecule has 2 saturated heterocycles. The van der Waals surface area contributed by atoms with E-state index in [4.69, 9.17) is 4.74 Å². The summed E-state index contributed by atoms with van der Waals surface area (Å²) in [6, 6.07) is 0. The minimum atomic E-state index is -1.41. The van der Waals surface area contributed by atoms with Crippen molar-refractivity contribution in [1.82, 2.24) is 5.32 Å². The lowest BCUT2D eigenvalue weighted by atomic mass is 9.65. The molecule has 1 amide bonds. The van der Waals surface area contributed by atoms with E-state index >= 15 is 0 Å². The normalized spacial score (nSPS) is 40.6. The van der Waals surface area contributed by atoms with Gasteiger partial charge in [-0.15, -0.1) is 0 Å². The van der Waals surface area contributed by atoms with Gasteiger partial charge in [0.15, 0.2) is 11.4 Å². The van der Waals surface area contributed by atoms with Gasteiger partial charge in [0, 0.05) is 5.92 Å². The maximum Gasteiger partial charge on any atom is 0.344 e. The zero-order chi connectivity index (χ0) is 14.5. The van der Waals surface area contributed by atoms with Crippen LogP contribution in [0.15, 0.2) is 0 Å². The molecule has 0 aromatic heterocycles. The van der Waals surface area contributed by atoms with Gasteiger partial charge >= 0.3 is 5.97 Å². The molecular weight excluding hydrogens is 258 g/mol. The van der Waals surface area contributed by atoms with E-state index in [2.05, 4.69) is 5.32 Å². The Hall–Kier alpha value is -1.39. The van der Waals surface area contributed by atoms with Gasteiger partial charge in [0.1, 0.15) is 0 Å². The lowest BCUT2D eigenvalue weighted by Crippen LogP contribution is -2.78. The molecule has 110 valence electrons. The van der Waals surface area contributed by atoms with E-state index in [0.717, 1.165) is 32.1 Å². The number of nitrogens with one attached hydrogen (secondary N) is 1. The van der Waals surface area contributed by atoms with E-state index in [9.17, 15) is 14.4 Å². The SMILES string of the molecule is CC[C@H]1C(=O)N[C@@]2(C(=O)C3CCCCC3)C(=O)O[C@@]12C. The smallest absolute Gasteiger partial charge is 0.344 e. The van der Waals surface area contributed by atoms with Crippen LogP contribution in [0.4, 0.5) is 0 Å². The molecule has 0 spiro atoms. The number of carbonyl (C=O) groups excluding carboxylic acids is 3. The number of hydrogen-bond acceptors (Lipinski definition) is 4. The van der Waals surface area contributed by atoms with Crippen LogP contribution in [0.2, 0.25) is 0 Å². The van der Waals surface area contributed by atoms with Crippen LogP contribution in [0.1, 0.15) is 52.4 Å². The number of esters is 1. The molecule has 2 heterocycles. The maximum atomic E-state index is 12.9. The third-order valence-electron chi connectivity index (χ3n) is 5.40. The van der Waals surface area contributed by atoms with Crippen LogP contribution in [0.5, 0.6) is 0 Å². The fourth-order valence-corrected chi connectivity index (χ4v) is 4.18. The molecule has 0 aromatic rings. The summed E-state index contributed by atoms with van der Waals surface area (Å²) in [5, 5.41) is 2.69. The van der Waals surface area contributed by atoms with Crippen LogP contribution in [0.25, 0.3) is 0 Å². The molecule has 3 atom stereocenters. The van der Waals surface area contributed by atoms with E-state index < -0.39 is 23.0 Å². The van der Waals surface area contributed by atoms with Crippen molar-refractivity contribution in [1.29, 1.82) is 0 Å². The second-order valence-corrected chi connectivity index (χ2v) is 6.40. The number of ether oxygens (including phenoxy) is 1. The van der Waals surface area contributed by atoms with Crippen molar-refractivity contribution < 1.29 is 19.1 Å². The molecule has 2 aliphatic heterocycles. The minimum Gasteiger partial charge on any atom is -0.453 e. The second-order valence-electron chi connectivity index (χ2n) is 6.40. The number of Topliss-reactive ketones (excluding diaryl/α,β-unsaturated/α-hetero) is 1. The monoisotopic (exact) mass is 279 g/mol. The lowest BCUT2D eigenvalue weighted by Gasteiger charge is -2.51. The number of amides is 1. The average molecular weight is 279 g/mol. The van der Waals surface area contributed by atoms with Gasteiger partial charge in [-0.2, -0.15) is 0 Å². The molecule has 0 unspecified atom stereocenters. The molecule has 5 heteroatoms. The van der Waals surface area contributed by atoms with Crippen LogP contribution < -0.4 is 5.32 Å². The zero-order valence-electron chi connectivity index (χ0n) is 12.0. The van der Waals surface area contributed by atoms with E-state index in [1.54, 1.807) is 6.92 Å². The topological polar surface area (TPSA) is 72.5 Å². The van der Waals surface area contributed by atoms with Gasteiger partial charge in [-0.1, -0.05) is 26.2 Å². The third kappa shape index (κ3) is 1.41. The summed E-state index contributed by atoms with van der Waals surface area (Å²) in [4.78, 5) is 37.1. The average Bonchev–Trinajstić information content (AvgIpc) is 2.62. The highest BCUT2D eigenvalue weighted by Gasteiger charge is 2.79. The minimum absolute atomic E-state index is 0.119. The molecule has 1 saturated carbocycles. The number of hydrogen-bond donors (Lipinski definition) is 1.